The van der Waals surface area contributed by atoms with E-state index in [1.54, 1.807) is 18.2 Å². The first-order valence-electron chi connectivity index (χ1n) is 7.30. The van der Waals surface area contributed by atoms with Crippen LogP contribution in [0.25, 0.3) is 11.3 Å². The molecule has 0 fully saturated rings. The number of carbonyl (C=O) groups excluding carboxylic acids is 1. The van der Waals surface area contributed by atoms with Crippen molar-refractivity contribution in [1.29, 1.82) is 0 Å². The quantitative estimate of drug-likeness (QED) is 0.915. The van der Waals surface area contributed by atoms with Crippen LogP contribution in [-0.2, 0) is 11.3 Å². The van der Waals surface area contributed by atoms with Gasteiger partial charge >= 0.3 is 0 Å². The number of benzene rings is 1. The van der Waals surface area contributed by atoms with Gasteiger partial charge in [0.25, 0.3) is 5.56 Å². The van der Waals surface area contributed by atoms with Crippen molar-refractivity contribution in [3.63, 3.8) is 0 Å². The van der Waals surface area contributed by atoms with E-state index in [-0.39, 0.29) is 30.8 Å². The molecule has 1 aromatic heterocycles. The van der Waals surface area contributed by atoms with Crippen molar-refractivity contribution in [3.05, 3.63) is 40.7 Å². The minimum atomic E-state index is -0.326. The Hall–Kier alpha value is -2.83. The number of nitrogens with zero attached hydrogens (tertiary/aromatic N) is 2. The fraction of sp³-hybridized carbons (Fsp3) is 0.312. The van der Waals surface area contributed by atoms with E-state index >= 15 is 0 Å². The molecule has 0 saturated heterocycles. The summed E-state index contributed by atoms with van der Waals surface area (Å²) in [6.07, 6.45) is 0. The average Bonchev–Trinajstić information content (AvgIpc) is 2.96. The number of aromatic nitrogens is 2. The lowest BCUT2D eigenvalue weighted by molar-refractivity contribution is -0.122. The standard InChI is InChI=1S/C16H17N3O4/c1-10(2)17-15(20)8-19-16(21)6-4-12(18-19)11-3-5-13-14(7-11)23-9-22-13/h3-7,10H,8-9H2,1-2H3,(H,17,20). The molecule has 0 aliphatic carbocycles. The fourth-order valence-corrected chi connectivity index (χ4v) is 2.28. The van der Waals surface area contributed by atoms with Crippen LogP contribution < -0.4 is 20.3 Å². The van der Waals surface area contributed by atoms with Gasteiger partial charge in [-0.15, -0.1) is 0 Å². The molecule has 0 spiro atoms. The maximum Gasteiger partial charge on any atom is 0.267 e. The van der Waals surface area contributed by atoms with Gasteiger partial charge in [-0.1, -0.05) is 0 Å². The van der Waals surface area contributed by atoms with E-state index in [0.717, 1.165) is 10.2 Å². The first-order chi connectivity index (χ1) is 11.0. The lowest BCUT2D eigenvalue weighted by Crippen LogP contribution is -2.36. The van der Waals surface area contributed by atoms with Crippen molar-refractivity contribution in [1.82, 2.24) is 15.1 Å². The number of nitrogens with one attached hydrogen (secondary N) is 1. The molecule has 0 saturated carbocycles. The molecule has 23 heavy (non-hydrogen) atoms. The highest BCUT2D eigenvalue weighted by molar-refractivity contribution is 5.76. The van der Waals surface area contributed by atoms with Gasteiger partial charge < -0.3 is 14.8 Å². The van der Waals surface area contributed by atoms with Crippen LogP contribution in [0.3, 0.4) is 0 Å². The lowest BCUT2D eigenvalue weighted by Gasteiger charge is -2.10. The van der Waals surface area contributed by atoms with Gasteiger partial charge in [-0.05, 0) is 38.1 Å². The van der Waals surface area contributed by atoms with Crippen molar-refractivity contribution >= 4 is 5.91 Å². The van der Waals surface area contributed by atoms with Crippen LogP contribution in [0.4, 0.5) is 0 Å². The average molecular weight is 315 g/mol. The monoisotopic (exact) mass is 315 g/mol. The third-order valence-corrected chi connectivity index (χ3v) is 3.28. The molecule has 1 aliphatic heterocycles. The summed E-state index contributed by atoms with van der Waals surface area (Å²) in [6.45, 7) is 3.80. The van der Waals surface area contributed by atoms with Gasteiger partial charge in [-0.25, -0.2) is 4.68 Å². The number of fused-ring (bicyclic) bond motifs is 1. The van der Waals surface area contributed by atoms with E-state index in [4.69, 9.17) is 9.47 Å². The highest BCUT2D eigenvalue weighted by Gasteiger charge is 2.15. The summed E-state index contributed by atoms with van der Waals surface area (Å²) in [5.41, 5.74) is 1.04. The van der Waals surface area contributed by atoms with Crippen molar-refractivity contribution in [3.8, 4) is 22.8 Å². The smallest absolute Gasteiger partial charge is 0.267 e. The number of ether oxygens (including phenoxy) is 2. The van der Waals surface area contributed by atoms with Gasteiger partial charge in [0.05, 0.1) is 5.69 Å². The predicted molar refractivity (Wildman–Crippen MR) is 83.3 cm³/mol. The molecule has 2 aromatic rings. The minimum Gasteiger partial charge on any atom is -0.454 e. The van der Waals surface area contributed by atoms with E-state index in [9.17, 15) is 9.59 Å². The largest absolute Gasteiger partial charge is 0.454 e. The fourth-order valence-electron chi connectivity index (χ4n) is 2.28. The third kappa shape index (κ3) is 3.33. The van der Waals surface area contributed by atoms with E-state index in [1.807, 2.05) is 19.9 Å². The number of amides is 1. The van der Waals surface area contributed by atoms with Crippen molar-refractivity contribution in [2.75, 3.05) is 6.79 Å². The van der Waals surface area contributed by atoms with Crippen LogP contribution >= 0.6 is 0 Å². The third-order valence-electron chi connectivity index (χ3n) is 3.28. The minimum absolute atomic E-state index is 0.00949. The van der Waals surface area contributed by atoms with Crippen LogP contribution in [0, 0.1) is 0 Å². The Morgan fingerprint density at radius 3 is 2.83 bits per heavy atom. The number of hydrogen-bond donors (Lipinski definition) is 1. The molecule has 7 heteroatoms. The summed E-state index contributed by atoms with van der Waals surface area (Å²) in [5.74, 6) is 1.07. The summed E-state index contributed by atoms with van der Waals surface area (Å²) in [6, 6.07) is 8.45. The van der Waals surface area contributed by atoms with Gasteiger partial charge in [0, 0.05) is 17.7 Å². The highest BCUT2D eigenvalue weighted by atomic mass is 16.7. The molecule has 0 bridgehead atoms. The van der Waals surface area contributed by atoms with Crippen molar-refractivity contribution < 1.29 is 14.3 Å². The zero-order chi connectivity index (χ0) is 16.4. The Kier molecular flexibility index (Phi) is 4.01. The molecular weight excluding hydrogens is 298 g/mol. The van der Waals surface area contributed by atoms with Gasteiger partial charge in [-0.3, -0.25) is 9.59 Å². The molecule has 0 atom stereocenters. The van der Waals surface area contributed by atoms with Gasteiger partial charge in [0.2, 0.25) is 12.7 Å². The second-order valence-electron chi connectivity index (χ2n) is 5.50. The Labute approximate surface area is 132 Å². The van der Waals surface area contributed by atoms with Crippen LogP contribution in [0.1, 0.15) is 13.8 Å². The zero-order valence-electron chi connectivity index (χ0n) is 12.9. The zero-order valence-corrected chi connectivity index (χ0v) is 12.9. The first kappa shape index (κ1) is 15.1. The Balaban J connectivity index is 1.88. The Bertz CT molecular complexity index is 798. The summed E-state index contributed by atoms with van der Waals surface area (Å²) < 4.78 is 11.8. The molecule has 3 rings (SSSR count). The normalized spacial score (nSPS) is 12.5. The summed E-state index contributed by atoms with van der Waals surface area (Å²) in [7, 11) is 0. The van der Waals surface area contributed by atoms with E-state index in [1.165, 1.54) is 6.07 Å². The SMILES string of the molecule is CC(C)NC(=O)Cn1nc(-c2ccc3c(c2)OCO3)ccc1=O. The molecule has 1 aliphatic rings. The predicted octanol–water partition coefficient (Wildman–Crippen LogP) is 1.16. The molecule has 7 nitrogen and oxygen atoms in total. The number of hydrogen-bond acceptors (Lipinski definition) is 5. The summed E-state index contributed by atoms with van der Waals surface area (Å²) >= 11 is 0. The first-order valence-corrected chi connectivity index (χ1v) is 7.30. The van der Waals surface area contributed by atoms with Gasteiger partial charge in [0.15, 0.2) is 11.5 Å². The van der Waals surface area contributed by atoms with Crippen molar-refractivity contribution in [2.45, 2.75) is 26.4 Å². The highest BCUT2D eigenvalue weighted by Crippen LogP contribution is 2.35. The van der Waals surface area contributed by atoms with Gasteiger partial charge in [-0.2, -0.15) is 5.10 Å². The molecular formula is C16H17N3O4. The molecule has 0 radical (unpaired) electrons. The van der Waals surface area contributed by atoms with E-state index in [0.29, 0.717) is 17.2 Å². The second kappa shape index (κ2) is 6.12. The number of carbonyl (C=O) groups is 1. The molecule has 1 aromatic carbocycles. The Morgan fingerprint density at radius 2 is 2.04 bits per heavy atom. The van der Waals surface area contributed by atoms with Crippen LogP contribution in [0.15, 0.2) is 35.1 Å². The summed E-state index contributed by atoms with van der Waals surface area (Å²) in [4.78, 5) is 23.7. The second-order valence-corrected chi connectivity index (χ2v) is 5.50. The molecule has 2 heterocycles. The maximum absolute atomic E-state index is 11.9. The van der Waals surface area contributed by atoms with E-state index < -0.39 is 0 Å². The van der Waals surface area contributed by atoms with Crippen molar-refractivity contribution in [2.24, 2.45) is 0 Å². The Morgan fingerprint density at radius 1 is 1.26 bits per heavy atom. The topological polar surface area (TPSA) is 82.5 Å². The summed E-state index contributed by atoms with van der Waals surface area (Å²) in [5, 5.41) is 7.00. The van der Waals surface area contributed by atoms with Crippen LogP contribution in [-0.4, -0.2) is 28.5 Å². The molecule has 1 amide bonds. The molecule has 120 valence electrons. The van der Waals surface area contributed by atoms with E-state index in [2.05, 4.69) is 10.4 Å². The number of rotatable bonds is 4. The van der Waals surface area contributed by atoms with Gasteiger partial charge in [0.1, 0.15) is 6.54 Å². The van der Waals surface area contributed by atoms with Crippen LogP contribution in [0.5, 0.6) is 11.5 Å². The molecule has 1 N–H and O–H groups in total. The lowest BCUT2D eigenvalue weighted by atomic mass is 10.1. The maximum atomic E-state index is 11.9. The molecule has 0 unspecified atom stereocenters. The van der Waals surface area contributed by atoms with Crippen LogP contribution in [0.2, 0.25) is 0 Å².